The molecule has 1 unspecified atom stereocenters. The summed E-state index contributed by atoms with van der Waals surface area (Å²) in [6.07, 6.45) is 101. The number of esters is 3. The van der Waals surface area contributed by atoms with Crippen molar-refractivity contribution in [2.24, 2.45) is 0 Å². The van der Waals surface area contributed by atoms with Crippen molar-refractivity contribution in [3.05, 3.63) is 158 Å². The third kappa shape index (κ3) is 67.7. The van der Waals surface area contributed by atoms with Gasteiger partial charge < -0.3 is 14.2 Å². The molecule has 0 radical (unpaired) electrons. The van der Waals surface area contributed by atoms with Gasteiger partial charge in [0.2, 0.25) is 0 Å². The van der Waals surface area contributed by atoms with E-state index in [0.29, 0.717) is 19.3 Å². The summed E-state index contributed by atoms with van der Waals surface area (Å²) in [7, 11) is 0. The van der Waals surface area contributed by atoms with E-state index in [9.17, 15) is 14.4 Å². The number of unbranched alkanes of at least 4 members (excludes halogenated alkanes) is 23. The monoisotopic (exact) mass is 1140 g/mol. The maximum absolute atomic E-state index is 13.0. The van der Waals surface area contributed by atoms with Gasteiger partial charge in [0.15, 0.2) is 6.10 Å². The Bertz CT molecular complexity index is 1840. The average molecular weight is 1150 g/mol. The normalized spacial score (nSPS) is 13.1. The molecule has 0 aromatic carbocycles. The van der Waals surface area contributed by atoms with Crippen molar-refractivity contribution in [3.8, 4) is 0 Å². The van der Waals surface area contributed by atoms with Gasteiger partial charge in [-0.05, 0) is 141 Å². The van der Waals surface area contributed by atoms with Crippen LogP contribution in [-0.2, 0) is 28.6 Å². The summed E-state index contributed by atoms with van der Waals surface area (Å²) in [6.45, 7) is 6.27. The molecule has 0 saturated heterocycles. The third-order valence-corrected chi connectivity index (χ3v) is 14.0. The van der Waals surface area contributed by atoms with E-state index in [-0.39, 0.29) is 31.1 Å². The molecule has 0 saturated carbocycles. The highest BCUT2D eigenvalue weighted by Crippen LogP contribution is 2.16. The minimum absolute atomic E-state index is 0.0997. The Morgan fingerprint density at radius 2 is 0.434 bits per heavy atom. The highest BCUT2D eigenvalue weighted by molar-refractivity contribution is 5.71. The lowest BCUT2D eigenvalue weighted by Crippen LogP contribution is -2.30. The molecule has 0 fully saturated rings. The molecule has 0 amide bonds. The highest BCUT2D eigenvalue weighted by Gasteiger charge is 2.19. The quantitative estimate of drug-likeness (QED) is 0.0261. The number of carbonyl (C=O) groups is 3. The minimum atomic E-state index is -0.808. The van der Waals surface area contributed by atoms with Crippen LogP contribution in [-0.4, -0.2) is 37.2 Å². The predicted octanol–water partition coefficient (Wildman–Crippen LogP) is 23.7. The molecule has 0 aromatic rings. The summed E-state index contributed by atoms with van der Waals surface area (Å²) in [4.78, 5) is 38.4. The predicted molar refractivity (Wildman–Crippen MR) is 362 cm³/mol. The maximum atomic E-state index is 13.0. The summed E-state index contributed by atoms with van der Waals surface area (Å²) in [6, 6.07) is 0. The van der Waals surface area contributed by atoms with Gasteiger partial charge in [0.1, 0.15) is 13.2 Å². The molecule has 0 heterocycles. The van der Waals surface area contributed by atoms with E-state index >= 15 is 0 Å². The fourth-order valence-corrected chi connectivity index (χ4v) is 9.04. The summed E-state index contributed by atoms with van der Waals surface area (Å²) in [5, 5.41) is 0. The molecular formula is C77H124O6. The van der Waals surface area contributed by atoms with Crippen molar-refractivity contribution >= 4 is 17.9 Å². The van der Waals surface area contributed by atoms with Crippen molar-refractivity contribution in [2.75, 3.05) is 13.2 Å². The van der Waals surface area contributed by atoms with E-state index < -0.39 is 6.10 Å². The van der Waals surface area contributed by atoms with Gasteiger partial charge in [-0.3, -0.25) is 14.4 Å². The molecule has 83 heavy (non-hydrogen) atoms. The lowest BCUT2D eigenvalue weighted by atomic mass is 10.0. The standard InChI is InChI=1S/C77H124O6/c1-4-7-10-13-16-19-22-25-28-30-32-34-36-37-38-39-41-42-44-46-49-52-55-58-61-64-67-70-76(79)82-73-74(72-81-75(78)69-66-63-60-57-54-51-48-27-24-21-18-15-12-9-6-3)83-77(80)71-68-65-62-59-56-53-50-47-45-43-40-35-33-31-29-26-23-20-17-14-11-8-5-2/h7-12,16-21,25-29,32-35,37-38,48,54,57,74H,4-6,13-15,22-24,30-31,36,39-47,49-53,55-56,58-73H2,1-3H3/b10-7-,11-8-,12-9-,19-16-,20-17-,21-18-,28-25-,29-26-,34-32-,35-33-,38-37-,48-27-,57-54-. The number of hydrogen-bond acceptors (Lipinski definition) is 6. The van der Waals surface area contributed by atoms with Crippen LogP contribution in [0.2, 0.25) is 0 Å². The Labute approximate surface area is 511 Å². The van der Waals surface area contributed by atoms with Crippen LogP contribution in [0.15, 0.2) is 158 Å². The van der Waals surface area contributed by atoms with Crippen LogP contribution < -0.4 is 0 Å². The summed E-state index contributed by atoms with van der Waals surface area (Å²) in [5.41, 5.74) is 0. The smallest absolute Gasteiger partial charge is 0.306 e. The Hall–Kier alpha value is -4.97. The van der Waals surface area contributed by atoms with Crippen LogP contribution in [0.5, 0.6) is 0 Å². The maximum Gasteiger partial charge on any atom is 0.306 e. The molecule has 0 spiro atoms. The van der Waals surface area contributed by atoms with Crippen LogP contribution in [0.1, 0.15) is 290 Å². The number of ether oxygens (including phenoxy) is 3. The van der Waals surface area contributed by atoms with E-state index in [1.807, 2.05) is 0 Å². The van der Waals surface area contributed by atoms with Crippen LogP contribution in [0.25, 0.3) is 0 Å². The van der Waals surface area contributed by atoms with E-state index in [1.54, 1.807) is 0 Å². The molecule has 0 bridgehead atoms. The van der Waals surface area contributed by atoms with Gasteiger partial charge in [-0.2, -0.15) is 0 Å². The number of rotatable bonds is 60. The molecule has 6 heteroatoms. The Morgan fingerprint density at radius 1 is 0.241 bits per heavy atom. The molecule has 0 N–H and O–H groups in total. The average Bonchev–Trinajstić information content (AvgIpc) is 3.49. The summed E-state index contributed by atoms with van der Waals surface area (Å²) in [5.74, 6) is -0.948. The minimum Gasteiger partial charge on any atom is -0.462 e. The molecule has 0 aliphatic carbocycles. The van der Waals surface area contributed by atoms with Gasteiger partial charge in [-0.15, -0.1) is 0 Å². The van der Waals surface area contributed by atoms with E-state index in [0.717, 1.165) is 141 Å². The second-order valence-electron chi connectivity index (χ2n) is 21.9. The Morgan fingerprint density at radius 3 is 0.699 bits per heavy atom. The first-order valence-corrected chi connectivity index (χ1v) is 34.0. The second-order valence-corrected chi connectivity index (χ2v) is 21.9. The second kappa shape index (κ2) is 69.5. The molecule has 0 aliphatic heterocycles. The number of allylic oxidation sites excluding steroid dienone is 26. The summed E-state index contributed by atoms with van der Waals surface area (Å²) < 4.78 is 16.9. The Balaban J connectivity index is 4.39. The molecule has 468 valence electrons. The molecule has 0 rings (SSSR count). The molecule has 0 aliphatic rings. The van der Waals surface area contributed by atoms with Gasteiger partial charge in [0.25, 0.3) is 0 Å². The van der Waals surface area contributed by atoms with Crippen molar-refractivity contribution in [1.82, 2.24) is 0 Å². The number of carbonyl (C=O) groups excluding carboxylic acids is 3. The van der Waals surface area contributed by atoms with Crippen molar-refractivity contribution in [1.29, 1.82) is 0 Å². The zero-order chi connectivity index (χ0) is 59.9. The lowest BCUT2D eigenvalue weighted by molar-refractivity contribution is -0.167. The molecule has 1 atom stereocenters. The zero-order valence-corrected chi connectivity index (χ0v) is 53.7. The van der Waals surface area contributed by atoms with Crippen molar-refractivity contribution < 1.29 is 28.6 Å². The van der Waals surface area contributed by atoms with Crippen molar-refractivity contribution in [2.45, 2.75) is 297 Å². The fourth-order valence-electron chi connectivity index (χ4n) is 9.04. The molecule has 6 nitrogen and oxygen atoms in total. The van der Waals surface area contributed by atoms with Gasteiger partial charge in [0.05, 0.1) is 0 Å². The Kier molecular flexibility index (Phi) is 65.4. The first-order valence-electron chi connectivity index (χ1n) is 34.0. The zero-order valence-electron chi connectivity index (χ0n) is 53.7. The van der Waals surface area contributed by atoms with Crippen molar-refractivity contribution in [3.63, 3.8) is 0 Å². The fraction of sp³-hybridized carbons (Fsp3) is 0.623. The van der Waals surface area contributed by atoms with Crippen LogP contribution in [0, 0.1) is 0 Å². The van der Waals surface area contributed by atoms with E-state index in [4.69, 9.17) is 14.2 Å². The van der Waals surface area contributed by atoms with Gasteiger partial charge >= 0.3 is 17.9 Å². The molecule has 0 aromatic heterocycles. The largest absolute Gasteiger partial charge is 0.462 e. The number of hydrogen-bond donors (Lipinski definition) is 0. The van der Waals surface area contributed by atoms with Crippen LogP contribution >= 0.6 is 0 Å². The SMILES string of the molecule is CC/C=C\C/C=C\C/C=C\C/C=C\C/C=C\CCCCCCCCCCCCCC(=O)OCC(COC(=O)CCCC/C=C\C/C=C\C/C=C\C/C=C\CC)OC(=O)CCCCCCCCCCCC/C=C\C/C=C\C/C=C\C/C=C\CC. The van der Waals surface area contributed by atoms with Gasteiger partial charge in [-0.25, -0.2) is 0 Å². The van der Waals surface area contributed by atoms with Gasteiger partial charge in [0, 0.05) is 19.3 Å². The van der Waals surface area contributed by atoms with Crippen LogP contribution in [0.3, 0.4) is 0 Å². The third-order valence-electron chi connectivity index (χ3n) is 14.0. The van der Waals surface area contributed by atoms with Crippen LogP contribution in [0.4, 0.5) is 0 Å². The highest BCUT2D eigenvalue weighted by atomic mass is 16.6. The van der Waals surface area contributed by atoms with E-state index in [1.165, 1.54) is 109 Å². The first-order chi connectivity index (χ1) is 41.0. The topological polar surface area (TPSA) is 78.9 Å². The first kappa shape index (κ1) is 78.0. The van der Waals surface area contributed by atoms with Gasteiger partial charge in [-0.1, -0.05) is 288 Å². The molecular weight excluding hydrogens is 1020 g/mol. The lowest BCUT2D eigenvalue weighted by Gasteiger charge is -2.18. The van der Waals surface area contributed by atoms with E-state index in [2.05, 4.69) is 179 Å². The summed E-state index contributed by atoms with van der Waals surface area (Å²) >= 11 is 0.